The number of halogens is 1. The normalized spacial score (nSPS) is 14.7. The summed E-state index contributed by atoms with van der Waals surface area (Å²) in [7, 11) is 0. The topological polar surface area (TPSA) is 67.9 Å². The summed E-state index contributed by atoms with van der Waals surface area (Å²) in [5, 5.41) is 13.2. The lowest BCUT2D eigenvalue weighted by molar-refractivity contribution is 0.0426. The minimum atomic E-state index is -0.822. The van der Waals surface area contributed by atoms with E-state index in [-0.39, 0.29) is 11.5 Å². The summed E-state index contributed by atoms with van der Waals surface area (Å²) in [6, 6.07) is 7.86. The number of aromatic nitrogens is 2. The molecule has 0 radical (unpaired) electrons. The molecule has 5 nitrogen and oxygen atoms in total. The second-order valence-electron chi connectivity index (χ2n) is 5.55. The van der Waals surface area contributed by atoms with Crippen molar-refractivity contribution < 1.29 is 13.9 Å². The first-order chi connectivity index (χ1) is 11.1. The zero-order chi connectivity index (χ0) is 16.4. The fourth-order valence-electron chi connectivity index (χ4n) is 2.80. The van der Waals surface area contributed by atoms with Gasteiger partial charge in [0.15, 0.2) is 11.8 Å². The number of hydrogen-bond donors (Lipinski definition) is 0. The molecule has 1 atom stereocenters. The number of esters is 1. The zero-order valence-corrected chi connectivity index (χ0v) is 12.8. The Morgan fingerprint density at radius 1 is 1.35 bits per heavy atom. The van der Waals surface area contributed by atoms with E-state index in [0.717, 1.165) is 36.9 Å². The van der Waals surface area contributed by atoms with E-state index in [1.54, 1.807) is 16.8 Å². The first-order valence-electron chi connectivity index (χ1n) is 7.57. The van der Waals surface area contributed by atoms with E-state index in [1.807, 2.05) is 6.07 Å². The van der Waals surface area contributed by atoms with Gasteiger partial charge in [0.05, 0.1) is 5.69 Å². The third kappa shape index (κ3) is 2.95. The molecule has 0 N–H and O–H groups in total. The number of fused-ring (bicyclic) bond motifs is 1. The van der Waals surface area contributed by atoms with E-state index < -0.39 is 12.1 Å². The minimum absolute atomic E-state index is 0.256. The average molecular weight is 313 g/mol. The number of benzene rings is 1. The van der Waals surface area contributed by atoms with E-state index in [1.165, 1.54) is 19.1 Å². The maximum Gasteiger partial charge on any atom is 0.360 e. The van der Waals surface area contributed by atoms with Crippen molar-refractivity contribution >= 4 is 5.97 Å². The molecule has 0 amide bonds. The number of rotatable bonds is 3. The van der Waals surface area contributed by atoms with Gasteiger partial charge in [-0.2, -0.15) is 10.4 Å². The Hall–Kier alpha value is -2.68. The van der Waals surface area contributed by atoms with E-state index in [9.17, 15) is 9.18 Å². The first kappa shape index (κ1) is 15.2. The van der Waals surface area contributed by atoms with Gasteiger partial charge >= 0.3 is 5.97 Å². The summed E-state index contributed by atoms with van der Waals surface area (Å²) in [6.45, 7) is 1.52. The summed E-state index contributed by atoms with van der Waals surface area (Å²) >= 11 is 0. The molecular weight excluding hydrogens is 297 g/mol. The number of carbonyl (C=O) groups is 1. The molecule has 0 saturated heterocycles. The number of nitriles is 1. The molecule has 1 aliphatic carbocycles. The van der Waals surface area contributed by atoms with Gasteiger partial charge in [0.1, 0.15) is 11.9 Å². The highest BCUT2D eigenvalue weighted by Gasteiger charge is 2.27. The number of nitrogens with zero attached hydrogens (tertiary/aromatic N) is 3. The highest BCUT2D eigenvalue weighted by molar-refractivity contribution is 5.89. The molecule has 0 unspecified atom stereocenters. The quantitative estimate of drug-likeness (QED) is 0.817. The summed E-state index contributed by atoms with van der Waals surface area (Å²) in [4.78, 5) is 12.3. The van der Waals surface area contributed by atoms with Gasteiger partial charge in [-0.15, -0.1) is 0 Å². The van der Waals surface area contributed by atoms with Gasteiger partial charge in [-0.3, -0.25) is 0 Å². The molecule has 1 heterocycles. The Morgan fingerprint density at radius 2 is 2.04 bits per heavy atom. The van der Waals surface area contributed by atoms with E-state index in [0.29, 0.717) is 5.69 Å². The third-order valence-corrected chi connectivity index (χ3v) is 3.91. The van der Waals surface area contributed by atoms with Crippen LogP contribution in [0.25, 0.3) is 5.69 Å². The Labute approximate surface area is 133 Å². The molecule has 1 aromatic heterocycles. The SMILES string of the molecule is C[C@H](C#N)OC(=O)c1nn(-c2ccc(F)cc2)c2c1CCCC2. The number of ether oxygens (including phenoxy) is 1. The maximum atomic E-state index is 13.1. The molecule has 0 aliphatic heterocycles. The Balaban J connectivity index is 2.03. The monoisotopic (exact) mass is 313 g/mol. The van der Waals surface area contributed by atoms with Gasteiger partial charge < -0.3 is 4.74 Å². The van der Waals surface area contributed by atoms with Crippen LogP contribution in [0.5, 0.6) is 0 Å². The molecule has 2 aromatic rings. The van der Waals surface area contributed by atoms with Gasteiger partial charge in [0.2, 0.25) is 0 Å². The lowest BCUT2D eigenvalue weighted by Gasteiger charge is -2.14. The Bertz CT molecular complexity index is 774. The fourth-order valence-corrected chi connectivity index (χ4v) is 2.80. The van der Waals surface area contributed by atoms with Crippen molar-refractivity contribution in [2.45, 2.75) is 38.7 Å². The van der Waals surface area contributed by atoms with Crippen LogP contribution < -0.4 is 0 Å². The second-order valence-corrected chi connectivity index (χ2v) is 5.55. The van der Waals surface area contributed by atoms with Crippen molar-refractivity contribution in [3.8, 4) is 11.8 Å². The van der Waals surface area contributed by atoms with Crippen LogP contribution >= 0.6 is 0 Å². The van der Waals surface area contributed by atoms with Crippen LogP contribution in [0.4, 0.5) is 4.39 Å². The highest BCUT2D eigenvalue weighted by Crippen LogP contribution is 2.27. The largest absolute Gasteiger partial charge is 0.442 e. The molecule has 1 aliphatic rings. The van der Waals surface area contributed by atoms with Crippen molar-refractivity contribution in [3.05, 3.63) is 47.0 Å². The Kier molecular flexibility index (Phi) is 4.11. The molecule has 0 saturated carbocycles. The highest BCUT2D eigenvalue weighted by atomic mass is 19.1. The minimum Gasteiger partial charge on any atom is -0.442 e. The number of hydrogen-bond acceptors (Lipinski definition) is 4. The van der Waals surface area contributed by atoms with E-state index in [2.05, 4.69) is 5.10 Å². The summed E-state index contributed by atoms with van der Waals surface area (Å²) in [6.07, 6.45) is 2.74. The van der Waals surface area contributed by atoms with Gasteiger partial charge in [0, 0.05) is 11.3 Å². The van der Waals surface area contributed by atoms with Gasteiger partial charge in [-0.05, 0) is 56.9 Å². The van der Waals surface area contributed by atoms with E-state index >= 15 is 0 Å². The van der Waals surface area contributed by atoms with Crippen LogP contribution in [-0.2, 0) is 17.6 Å². The summed E-state index contributed by atoms with van der Waals surface area (Å²) in [5.74, 6) is -0.907. The van der Waals surface area contributed by atoms with Crippen molar-refractivity contribution in [3.63, 3.8) is 0 Å². The maximum absolute atomic E-state index is 13.1. The molecule has 0 bridgehead atoms. The van der Waals surface area contributed by atoms with Crippen molar-refractivity contribution in [2.75, 3.05) is 0 Å². The average Bonchev–Trinajstić information content (AvgIpc) is 2.95. The first-order valence-corrected chi connectivity index (χ1v) is 7.57. The van der Waals surface area contributed by atoms with Crippen LogP contribution in [-0.4, -0.2) is 21.9 Å². The lowest BCUT2D eigenvalue weighted by atomic mass is 9.95. The Morgan fingerprint density at radius 3 is 2.74 bits per heavy atom. The van der Waals surface area contributed by atoms with Gasteiger partial charge in [-0.1, -0.05) is 0 Å². The smallest absolute Gasteiger partial charge is 0.360 e. The molecule has 23 heavy (non-hydrogen) atoms. The van der Waals surface area contributed by atoms with Crippen molar-refractivity contribution in [2.24, 2.45) is 0 Å². The molecule has 0 spiro atoms. The standard InChI is InChI=1S/C17H16FN3O2/c1-11(10-19)23-17(22)16-14-4-2-3-5-15(14)21(20-16)13-8-6-12(18)7-9-13/h6-9,11H,2-5H2,1H3/t11-/m1/s1. The fraction of sp³-hybridized carbons (Fsp3) is 0.353. The molecule has 3 rings (SSSR count). The van der Waals surface area contributed by atoms with Gasteiger partial charge in [-0.25, -0.2) is 13.9 Å². The molecule has 118 valence electrons. The van der Waals surface area contributed by atoms with Crippen LogP contribution in [0, 0.1) is 17.1 Å². The predicted molar refractivity (Wildman–Crippen MR) is 80.7 cm³/mol. The van der Waals surface area contributed by atoms with Crippen LogP contribution in [0.3, 0.4) is 0 Å². The molecule has 6 heteroatoms. The molecular formula is C17H16FN3O2. The summed E-state index contributed by atoms with van der Waals surface area (Å²) in [5.41, 5.74) is 2.79. The third-order valence-electron chi connectivity index (χ3n) is 3.91. The van der Waals surface area contributed by atoms with Gasteiger partial charge in [0.25, 0.3) is 0 Å². The number of carbonyl (C=O) groups excluding carboxylic acids is 1. The van der Waals surface area contributed by atoms with Crippen molar-refractivity contribution in [1.82, 2.24) is 9.78 Å². The van der Waals surface area contributed by atoms with Crippen LogP contribution in [0.15, 0.2) is 24.3 Å². The molecule has 1 aromatic carbocycles. The predicted octanol–water partition coefficient (Wildman–Crippen LogP) is 2.96. The second kappa shape index (κ2) is 6.21. The van der Waals surface area contributed by atoms with Crippen LogP contribution in [0.1, 0.15) is 41.5 Å². The van der Waals surface area contributed by atoms with Crippen molar-refractivity contribution in [1.29, 1.82) is 5.26 Å². The molecule has 0 fully saturated rings. The van der Waals surface area contributed by atoms with E-state index in [4.69, 9.17) is 10.00 Å². The summed E-state index contributed by atoms with van der Waals surface area (Å²) < 4.78 is 19.9. The zero-order valence-electron chi connectivity index (χ0n) is 12.8. The lowest BCUT2D eigenvalue weighted by Crippen LogP contribution is -2.15. The van der Waals surface area contributed by atoms with Crippen LogP contribution in [0.2, 0.25) is 0 Å².